The number of carbonyl (C=O) groups excluding carboxylic acids is 1. The number of carboxylic acid groups (broad SMARTS) is 1. The van der Waals surface area contributed by atoms with Crippen molar-refractivity contribution in [2.45, 2.75) is 57.9 Å². The van der Waals surface area contributed by atoms with E-state index in [1.54, 1.807) is 0 Å². The Morgan fingerprint density at radius 3 is 2.33 bits per heavy atom. The van der Waals surface area contributed by atoms with Crippen molar-refractivity contribution in [2.75, 3.05) is 13.1 Å². The van der Waals surface area contributed by atoms with E-state index in [0.29, 0.717) is 6.42 Å². The Balaban J connectivity index is 2.45. The highest BCUT2D eigenvalue weighted by molar-refractivity contribution is 5.76. The van der Waals surface area contributed by atoms with Gasteiger partial charge in [0, 0.05) is 19.1 Å². The van der Waals surface area contributed by atoms with E-state index in [2.05, 4.69) is 5.32 Å². The highest BCUT2D eigenvalue weighted by Crippen LogP contribution is 2.10. The molecule has 5 heteroatoms. The van der Waals surface area contributed by atoms with Crippen LogP contribution in [0.25, 0.3) is 0 Å². The van der Waals surface area contributed by atoms with Crippen LogP contribution >= 0.6 is 0 Å². The molecule has 1 unspecified atom stereocenters. The van der Waals surface area contributed by atoms with Crippen LogP contribution in [0.5, 0.6) is 0 Å². The Hall–Kier alpha value is -1.26. The number of rotatable bonds is 5. The van der Waals surface area contributed by atoms with Crippen LogP contribution in [0.4, 0.5) is 4.79 Å². The minimum absolute atomic E-state index is 0.00736. The summed E-state index contributed by atoms with van der Waals surface area (Å²) in [6.07, 6.45) is 6.04. The molecule has 1 aliphatic rings. The average molecular weight is 256 g/mol. The quantitative estimate of drug-likeness (QED) is 0.792. The summed E-state index contributed by atoms with van der Waals surface area (Å²) in [4.78, 5) is 24.6. The standard InChI is InChI=1S/C13H24N2O3/c1-2-7-11(10-12(16)17)14-13(18)15-8-5-3-4-6-9-15/h11H,2-10H2,1H3,(H,14,18)(H,16,17). The van der Waals surface area contributed by atoms with Gasteiger partial charge in [0.05, 0.1) is 6.42 Å². The van der Waals surface area contributed by atoms with E-state index < -0.39 is 5.97 Å². The zero-order chi connectivity index (χ0) is 13.4. The van der Waals surface area contributed by atoms with Crippen LogP contribution in [-0.2, 0) is 4.79 Å². The minimum Gasteiger partial charge on any atom is -0.481 e. The molecule has 0 aliphatic carbocycles. The third-order valence-electron chi connectivity index (χ3n) is 3.28. The maximum atomic E-state index is 12.0. The lowest BCUT2D eigenvalue weighted by atomic mass is 10.1. The van der Waals surface area contributed by atoms with E-state index >= 15 is 0 Å². The van der Waals surface area contributed by atoms with Crippen molar-refractivity contribution in [3.8, 4) is 0 Å². The van der Waals surface area contributed by atoms with Crippen molar-refractivity contribution < 1.29 is 14.7 Å². The molecule has 1 aliphatic heterocycles. The van der Waals surface area contributed by atoms with Gasteiger partial charge < -0.3 is 15.3 Å². The lowest BCUT2D eigenvalue weighted by molar-refractivity contribution is -0.137. The molecule has 0 aromatic heterocycles. The first-order valence-electron chi connectivity index (χ1n) is 6.90. The van der Waals surface area contributed by atoms with Crippen molar-refractivity contribution in [3.05, 3.63) is 0 Å². The molecule has 18 heavy (non-hydrogen) atoms. The number of carboxylic acids is 1. The summed E-state index contributed by atoms with van der Waals surface area (Å²) in [6.45, 7) is 3.57. The van der Waals surface area contributed by atoms with Gasteiger partial charge in [-0.1, -0.05) is 26.2 Å². The lowest BCUT2D eigenvalue weighted by Crippen LogP contribution is -2.45. The van der Waals surface area contributed by atoms with Gasteiger partial charge in [-0.3, -0.25) is 4.79 Å². The number of nitrogens with one attached hydrogen (secondary N) is 1. The number of carbonyl (C=O) groups is 2. The molecule has 2 N–H and O–H groups in total. The monoisotopic (exact) mass is 256 g/mol. The maximum Gasteiger partial charge on any atom is 0.317 e. The first-order chi connectivity index (χ1) is 8.63. The molecule has 0 aromatic rings. The van der Waals surface area contributed by atoms with Crippen molar-refractivity contribution >= 4 is 12.0 Å². The first kappa shape index (κ1) is 14.8. The van der Waals surface area contributed by atoms with E-state index in [1.165, 1.54) is 12.8 Å². The SMILES string of the molecule is CCCC(CC(=O)O)NC(=O)N1CCCCCC1. The molecule has 0 bridgehead atoms. The smallest absolute Gasteiger partial charge is 0.317 e. The molecular formula is C13H24N2O3. The van der Waals surface area contributed by atoms with Gasteiger partial charge in [-0.25, -0.2) is 4.79 Å². The van der Waals surface area contributed by atoms with Crippen LogP contribution in [-0.4, -0.2) is 41.1 Å². The Kier molecular flexibility index (Phi) is 6.54. The normalized spacial score (nSPS) is 17.9. The summed E-state index contributed by atoms with van der Waals surface area (Å²) >= 11 is 0. The van der Waals surface area contributed by atoms with E-state index in [1.807, 2.05) is 11.8 Å². The summed E-state index contributed by atoms with van der Waals surface area (Å²) in [5, 5.41) is 11.7. The topological polar surface area (TPSA) is 69.6 Å². The van der Waals surface area contributed by atoms with Crippen molar-refractivity contribution in [2.24, 2.45) is 0 Å². The molecule has 0 spiro atoms. The van der Waals surface area contributed by atoms with E-state index in [4.69, 9.17) is 5.11 Å². The van der Waals surface area contributed by atoms with Gasteiger partial charge in [0.25, 0.3) is 0 Å². The Labute approximate surface area is 109 Å². The molecule has 1 atom stereocenters. The zero-order valence-electron chi connectivity index (χ0n) is 11.2. The second-order valence-electron chi connectivity index (χ2n) is 4.93. The fourth-order valence-corrected chi connectivity index (χ4v) is 2.32. The second kappa shape index (κ2) is 7.95. The minimum atomic E-state index is -0.857. The molecule has 1 saturated heterocycles. The number of urea groups is 1. The van der Waals surface area contributed by atoms with Crippen LogP contribution in [0.3, 0.4) is 0 Å². The molecule has 0 radical (unpaired) electrons. The summed E-state index contributed by atoms with van der Waals surface area (Å²) in [7, 11) is 0. The van der Waals surface area contributed by atoms with E-state index in [9.17, 15) is 9.59 Å². The van der Waals surface area contributed by atoms with Gasteiger partial charge in [-0.05, 0) is 19.3 Å². The molecule has 0 aromatic carbocycles. The van der Waals surface area contributed by atoms with Gasteiger partial charge >= 0.3 is 12.0 Å². The molecule has 1 fully saturated rings. The van der Waals surface area contributed by atoms with Gasteiger partial charge in [-0.15, -0.1) is 0 Å². The number of likely N-dealkylation sites (tertiary alicyclic amines) is 1. The third kappa shape index (κ3) is 5.38. The van der Waals surface area contributed by atoms with Gasteiger partial charge in [0.15, 0.2) is 0 Å². The number of amides is 2. The summed E-state index contributed by atoms with van der Waals surface area (Å²) in [5.41, 5.74) is 0. The molecule has 1 rings (SSSR count). The highest BCUT2D eigenvalue weighted by atomic mass is 16.4. The van der Waals surface area contributed by atoms with Crippen LogP contribution in [0, 0.1) is 0 Å². The fraction of sp³-hybridized carbons (Fsp3) is 0.846. The first-order valence-corrected chi connectivity index (χ1v) is 6.90. The Morgan fingerprint density at radius 1 is 1.22 bits per heavy atom. The second-order valence-corrected chi connectivity index (χ2v) is 4.93. The number of hydrogen-bond acceptors (Lipinski definition) is 2. The predicted octanol–water partition coefficient (Wildman–Crippen LogP) is 2.22. The molecule has 0 saturated carbocycles. The van der Waals surface area contributed by atoms with Crippen LogP contribution in [0.15, 0.2) is 0 Å². The zero-order valence-corrected chi connectivity index (χ0v) is 11.2. The predicted molar refractivity (Wildman–Crippen MR) is 69.5 cm³/mol. The lowest BCUT2D eigenvalue weighted by Gasteiger charge is -2.24. The Bertz CT molecular complexity index is 273. The highest BCUT2D eigenvalue weighted by Gasteiger charge is 2.20. The molecule has 5 nitrogen and oxygen atoms in total. The number of nitrogens with zero attached hydrogens (tertiary/aromatic N) is 1. The van der Waals surface area contributed by atoms with E-state index in [-0.39, 0.29) is 18.5 Å². The molecule has 104 valence electrons. The van der Waals surface area contributed by atoms with Crippen LogP contribution in [0.1, 0.15) is 51.9 Å². The Morgan fingerprint density at radius 2 is 1.83 bits per heavy atom. The summed E-state index contributed by atoms with van der Waals surface area (Å²) in [5.74, 6) is -0.857. The fourth-order valence-electron chi connectivity index (χ4n) is 2.32. The van der Waals surface area contributed by atoms with Crippen molar-refractivity contribution in [3.63, 3.8) is 0 Å². The van der Waals surface area contributed by atoms with Crippen molar-refractivity contribution in [1.82, 2.24) is 10.2 Å². The van der Waals surface area contributed by atoms with Crippen molar-refractivity contribution in [1.29, 1.82) is 0 Å². The van der Waals surface area contributed by atoms with Gasteiger partial charge in [-0.2, -0.15) is 0 Å². The molecule has 2 amide bonds. The summed E-state index contributed by atoms with van der Waals surface area (Å²) in [6, 6.07) is -0.347. The summed E-state index contributed by atoms with van der Waals surface area (Å²) < 4.78 is 0. The van der Waals surface area contributed by atoms with Gasteiger partial charge in [0.2, 0.25) is 0 Å². The third-order valence-corrected chi connectivity index (χ3v) is 3.28. The van der Waals surface area contributed by atoms with Crippen LogP contribution in [0.2, 0.25) is 0 Å². The van der Waals surface area contributed by atoms with Crippen LogP contribution < -0.4 is 5.32 Å². The van der Waals surface area contributed by atoms with Gasteiger partial charge in [0.1, 0.15) is 0 Å². The number of aliphatic carboxylic acids is 1. The van der Waals surface area contributed by atoms with E-state index in [0.717, 1.165) is 32.4 Å². The number of hydrogen-bond donors (Lipinski definition) is 2. The average Bonchev–Trinajstić information content (AvgIpc) is 2.56. The molecule has 1 heterocycles. The largest absolute Gasteiger partial charge is 0.481 e. The molecular weight excluding hydrogens is 232 g/mol. The maximum absolute atomic E-state index is 12.0.